The van der Waals surface area contributed by atoms with Crippen molar-refractivity contribution in [3.05, 3.63) is 35.4 Å². The Kier molecular flexibility index (Phi) is 9.16. The number of aliphatic hydroxyl groups is 2. The van der Waals surface area contributed by atoms with Crippen molar-refractivity contribution in [2.45, 2.75) is 38.0 Å². The maximum Gasteiger partial charge on any atom is 0.267 e. The van der Waals surface area contributed by atoms with Crippen LogP contribution in [0.3, 0.4) is 0 Å². The van der Waals surface area contributed by atoms with Gasteiger partial charge in [-0.05, 0) is 57.0 Å². The smallest absolute Gasteiger partial charge is 0.267 e. The topological polar surface area (TPSA) is 131 Å². The van der Waals surface area contributed by atoms with Gasteiger partial charge in [0.25, 0.3) is 11.8 Å². The molecule has 0 bridgehead atoms. The Hall–Kier alpha value is -2.88. The summed E-state index contributed by atoms with van der Waals surface area (Å²) < 4.78 is 0. The van der Waals surface area contributed by atoms with Crippen LogP contribution in [0.2, 0.25) is 0 Å². The van der Waals surface area contributed by atoms with E-state index in [9.17, 15) is 9.59 Å². The molecule has 0 saturated heterocycles. The maximum absolute atomic E-state index is 12.4. The number of hydroxylamine groups is 1. The van der Waals surface area contributed by atoms with Gasteiger partial charge in [-0.25, -0.2) is 5.48 Å². The van der Waals surface area contributed by atoms with E-state index in [1.165, 1.54) is 0 Å². The normalized spacial score (nSPS) is 12.5. The number of hydrogen-bond acceptors (Lipinski definition) is 6. The molecule has 1 aromatic carbocycles. The molecule has 0 aliphatic heterocycles. The van der Waals surface area contributed by atoms with E-state index < -0.39 is 29.5 Å². The Bertz CT molecular complexity index is 797. The van der Waals surface area contributed by atoms with Crippen LogP contribution in [0.25, 0.3) is 0 Å². The lowest BCUT2D eigenvalue weighted by atomic mass is 9.93. The Morgan fingerprint density at radius 1 is 1.18 bits per heavy atom. The molecular weight excluding hydrogens is 362 g/mol. The highest BCUT2D eigenvalue weighted by Gasteiger charge is 2.35. The van der Waals surface area contributed by atoms with E-state index in [1.807, 2.05) is 0 Å². The van der Waals surface area contributed by atoms with Gasteiger partial charge in [-0.2, -0.15) is 0 Å². The lowest BCUT2D eigenvalue weighted by molar-refractivity contribution is -0.132. The number of amides is 2. The first-order chi connectivity index (χ1) is 13.2. The molecule has 0 fully saturated rings. The highest BCUT2D eigenvalue weighted by atomic mass is 16.5. The molecule has 150 valence electrons. The van der Waals surface area contributed by atoms with E-state index in [0.717, 1.165) is 0 Å². The van der Waals surface area contributed by atoms with Gasteiger partial charge in [0, 0.05) is 23.1 Å². The van der Waals surface area contributed by atoms with Gasteiger partial charge in [-0.3, -0.25) is 14.8 Å². The van der Waals surface area contributed by atoms with Crippen LogP contribution in [-0.4, -0.2) is 58.6 Å². The van der Waals surface area contributed by atoms with Crippen molar-refractivity contribution in [1.82, 2.24) is 16.1 Å². The standard InChI is InChI=1S/C20H25N3O5/c1-20(2,21-3)17(19(27)23-28)22-18(26)15-11-9-14(10-12-15)7-5-4-6-8-16(25)13-24/h9-12,16-17,21,24-25,28H,8,13H2,1-3H3,(H,22,26)(H,23,27)/t16-,17-/m1/s1. The minimum absolute atomic E-state index is 0.135. The van der Waals surface area contributed by atoms with Crippen LogP contribution in [0.15, 0.2) is 24.3 Å². The highest BCUT2D eigenvalue weighted by molar-refractivity contribution is 5.97. The zero-order valence-corrected chi connectivity index (χ0v) is 16.0. The Balaban J connectivity index is 2.82. The fourth-order valence-electron chi connectivity index (χ4n) is 2.08. The lowest BCUT2D eigenvalue weighted by Gasteiger charge is -2.32. The van der Waals surface area contributed by atoms with Crippen LogP contribution >= 0.6 is 0 Å². The zero-order valence-electron chi connectivity index (χ0n) is 16.0. The first kappa shape index (κ1) is 23.2. The molecule has 0 unspecified atom stereocenters. The first-order valence-corrected chi connectivity index (χ1v) is 8.56. The van der Waals surface area contributed by atoms with Gasteiger partial charge in [-0.1, -0.05) is 11.8 Å². The molecule has 0 aliphatic rings. The molecule has 0 radical (unpaired) electrons. The molecule has 0 aliphatic carbocycles. The van der Waals surface area contributed by atoms with Crippen molar-refractivity contribution in [3.8, 4) is 23.7 Å². The van der Waals surface area contributed by atoms with Crippen LogP contribution in [0.4, 0.5) is 0 Å². The van der Waals surface area contributed by atoms with E-state index in [0.29, 0.717) is 11.1 Å². The summed E-state index contributed by atoms with van der Waals surface area (Å²) in [5.41, 5.74) is 1.72. The van der Waals surface area contributed by atoms with E-state index in [4.69, 9.17) is 15.4 Å². The average molecular weight is 387 g/mol. The van der Waals surface area contributed by atoms with Crippen molar-refractivity contribution < 1.29 is 25.0 Å². The number of likely N-dealkylation sites (N-methyl/N-ethyl adjacent to an activating group) is 1. The van der Waals surface area contributed by atoms with Crippen molar-refractivity contribution in [2.75, 3.05) is 13.7 Å². The van der Waals surface area contributed by atoms with Crippen molar-refractivity contribution in [1.29, 1.82) is 0 Å². The molecule has 2 atom stereocenters. The Labute approximate surface area is 164 Å². The summed E-state index contributed by atoms with van der Waals surface area (Å²) in [6.45, 7) is 3.08. The summed E-state index contributed by atoms with van der Waals surface area (Å²) in [7, 11) is 1.64. The summed E-state index contributed by atoms with van der Waals surface area (Å²) in [6.07, 6.45) is -0.743. The third-order valence-corrected chi connectivity index (χ3v) is 4.07. The summed E-state index contributed by atoms with van der Waals surface area (Å²) in [5, 5.41) is 32.3. The molecule has 0 spiro atoms. The molecular formula is C20H25N3O5. The molecule has 28 heavy (non-hydrogen) atoms. The molecule has 8 nitrogen and oxygen atoms in total. The predicted molar refractivity (Wildman–Crippen MR) is 103 cm³/mol. The molecule has 0 saturated carbocycles. The third-order valence-electron chi connectivity index (χ3n) is 4.07. The second-order valence-electron chi connectivity index (χ2n) is 6.52. The number of hydrogen-bond donors (Lipinski definition) is 6. The zero-order chi connectivity index (χ0) is 21.2. The fourth-order valence-corrected chi connectivity index (χ4v) is 2.08. The van der Waals surface area contributed by atoms with Crippen molar-refractivity contribution in [2.24, 2.45) is 0 Å². The highest BCUT2D eigenvalue weighted by Crippen LogP contribution is 2.11. The van der Waals surface area contributed by atoms with Gasteiger partial charge in [0.1, 0.15) is 6.04 Å². The lowest BCUT2D eigenvalue weighted by Crippen LogP contribution is -2.62. The van der Waals surface area contributed by atoms with Gasteiger partial charge in [0.05, 0.1) is 12.7 Å². The van der Waals surface area contributed by atoms with Crippen molar-refractivity contribution in [3.63, 3.8) is 0 Å². The summed E-state index contributed by atoms with van der Waals surface area (Å²) >= 11 is 0. The second-order valence-corrected chi connectivity index (χ2v) is 6.52. The molecule has 0 heterocycles. The quantitative estimate of drug-likeness (QED) is 0.210. The number of nitrogens with one attached hydrogen (secondary N) is 3. The van der Waals surface area contributed by atoms with Crippen LogP contribution in [0, 0.1) is 23.7 Å². The first-order valence-electron chi connectivity index (χ1n) is 8.56. The maximum atomic E-state index is 12.4. The van der Waals surface area contributed by atoms with Crippen LogP contribution in [-0.2, 0) is 4.79 Å². The molecule has 1 aromatic rings. The van der Waals surface area contributed by atoms with Crippen LogP contribution in [0.1, 0.15) is 36.2 Å². The van der Waals surface area contributed by atoms with E-state index >= 15 is 0 Å². The Morgan fingerprint density at radius 3 is 2.36 bits per heavy atom. The molecule has 6 N–H and O–H groups in total. The summed E-state index contributed by atoms with van der Waals surface area (Å²) in [6, 6.07) is 5.39. The van der Waals surface area contributed by atoms with Gasteiger partial charge in [0.2, 0.25) is 0 Å². The fraction of sp³-hybridized carbons (Fsp3) is 0.400. The molecule has 8 heteroatoms. The largest absolute Gasteiger partial charge is 0.394 e. The van der Waals surface area contributed by atoms with Gasteiger partial charge >= 0.3 is 0 Å². The van der Waals surface area contributed by atoms with E-state index in [2.05, 4.69) is 34.3 Å². The third kappa shape index (κ3) is 7.03. The number of carbonyl (C=O) groups excluding carboxylic acids is 2. The number of aliphatic hydroxyl groups excluding tert-OH is 2. The predicted octanol–water partition coefficient (Wildman–Crippen LogP) is -0.613. The number of benzene rings is 1. The minimum atomic E-state index is -1.00. The van der Waals surface area contributed by atoms with E-state index in [-0.39, 0.29) is 13.0 Å². The van der Waals surface area contributed by atoms with Gasteiger partial charge in [-0.15, -0.1) is 0 Å². The summed E-state index contributed by atoms with van der Waals surface area (Å²) in [5.74, 6) is 9.40. The average Bonchev–Trinajstić information content (AvgIpc) is 2.71. The van der Waals surface area contributed by atoms with Gasteiger partial charge in [0.15, 0.2) is 0 Å². The molecule has 0 aromatic heterocycles. The number of carbonyl (C=O) groups is 2. The number of rotatable bonds is 7. The van der Waals surface area contributed by atoms with Crippen LogP contribution in [0.5, 0.6) is 0 Å². The SMILES string of the molecule is CNC(C)(C)[C@H](NC(=O)c1ccc(C#CC#CC[C@@H](O)CO)cc1)C(=O)NO. The Morgan fingerprint density at radius 2 is 1.82 bits per heavy atom. The minimum Gasteiger partial charge on any atom is -0.394 e. The van der Waals surface area contributed by atoms with Gasteiger partial charge < -0.3 is 20.8 Å². The van der Waals surface area contributed by atoms with Crippen LogP contribution < -0.4 is 16.1 Å². The van der Waals surface area contributed by atoms with E-state index in [1.54, 1.807) is 50.6 Å². The van der Waals surface area contributed by atoms with Crippen molar-refractivity contribution >= 4 is 11.8 Å². The monoisotopic (exact) mass is 387 g/mol. The summed E-state index contributed by atoms with van der Waals surface area (Å²) in [4.78, 5) is 24.3. The second kappa shape index (κ2) is 11.1. The molecule has 1 rings (SSSR count). The molecule has 2 amide bonds.